The second kappa shape index (κ2) is 5.85. The van der Waals surface area contributed by atoms with E-state index in [2.05, 4.69) is 5.32 Å². The van der Waals surface area contributed by atoms with Crippen LogP contribution in [0.1, 0.15) is 37.2 Å². The first kappa shape index (κ1) is 14.1. The molecule has 1 saturated heterocycles. The molecule has 2 aliphatic heterocycles. The number of carbonyl (C=O) groups is 2. The highest BCUT2D eigenvalue weighted by atomic mass is 16.4. The average Bonchev–Trinajstić information content (AvgIpc) is 2.86. The number of para-hydroxylation sites is 1. The molecule has 2 atom stereocenters. The van der Waals surface area contributed by atoms with E-state index < -0.39 is 5.97 Å². The number of carboxylic acid groups (broad SMARTS) is 1. The molecule has 1 aromatic carbocycles. The molecule has 5 nitrogen and oxygen atoms in total. The number of carboxylic acids is 1. The number of aliphatic carboxylic acids is 1. The van der Waals surface area contributed by atoms with E-state index in [0.29, 0.717) is 6.54 Å². The van der Waals surface area contributed by atoms with Crippen molar-refractivity contribution in [3.63, 3.8) is 0 Å². The predicted octanol–water partition coefficient (Wildman–Crippen LogP) is 1.73. The van der Waals surface area contributed by atoms with Crippen molar-refractivity contribution < 1.29 is 14.7 Å². The molecule has 1 amide bonds. The Labute approximate surface area is 123 Å². The minimum Gasteiger partial charge on any atom is -0.481 e. The maximum absolute atomic E-state index is 12.7. The molecular weight excluding hydrogens is 268 g/mol. The number of benzene rings is 1. The first-order valence-corrected chi connectivity index (χ1v) is 7.52. The molecule has 0 aliphatic carbocycles. The third-order valence-corrected chi connectivity index (χ3v) is 4.37. The van der Waals surface area contributed by atoms with Gasteiger partial charge in [-0.15, -0.1) is 0 Å². The molecule has 2 heterocycles. The summed E-state index contributed by atoms with van der Waals surface area (Å²) in [6.45, 7) is 1.35. The van der Waals surface area contributed by atoms with E-state index in [1.54, 1.807) is 4.90 Å². The predicted molar refractivity (Wildman–Crippen MR) is 79.4 cm³/mol. The molecule has 0 aromatic heterocycles. The molecule has 0 radical (unpaired) electrons. The van der Waals surface area contributed by atoms with Gasteiger partial charge in [-0.05, 0) is 31.0 Å². The standard InChI is InChI=1S/C16H20N2O3/c19-15(20)9-11-10-18(14-7-2-1-5-12(11)14)16(21)13-6-3-4-8-17-13/h1-2,5,7,11,13,17H,3-4,6,8-10H2,(H,19,20). The lowest BCUT2D eigenvalue weighted by molar-refractivity contribution is -0.137. The summed E-state index contributed by atoms with van der Waals surface area (Å²) < 4.78 is 0. The Morgan fingerprint density at radius 1 is 1.29 bits per heavy atom. The Morgan fingerprint density at radius 3 is 2.81 bits per heavy atom. The van der Waals surface area contributed by atoms with E-state index in [9.17, 15) is 9.59 Å². The lowest BCUT2D eigenvalue weighted by Gasteiger charge is -2.27. The van der Waals surface area contributed by atoms with E-state index >= 15 is 0 Å². The first-order chi connectivity index (χ1) is 10.2. The summed E-state index contributed by atoms with van der Waals surface area (Å²) in [7, 11) is 0. The van der Waals surface area contributed by atoms with Crippen LogP contribution in [0.25, 0.3) is 0 Å². The van der Waals surface area contributed by atoms with E-state index in [1.807, 2.05) is 24.3 Å². The molecule has 0 saturated carbocycles. The third kappa shape index (κ3) is 2.78. The van der Waals surface area contributed by atoms with Crippen LogP contribution in [0.4, 0.5) is 5.69 Å². The van der Waals surface area contributed by atoms with Crippen molar-refractivity contribution >= 4 is 17.6 Å². The van der Waals surface area contributed by atoms with Crippen molar-refractivity contribution in [3.8, 4) is 0 Å². The molecule has 112 valence electrons. The van der Waals surface area contributed by atoms with Crippen LogP contribution in [0.3, 0.4) is 0 Å². The van der Waals surface area contributed by atoms with Gasteiger partial charge in [0.25, 0.3) is 0 Å². The van der Waals surface area contributed by atoms with Gasteiger partial charge in [-0.25, -0.2) is 0 Å². The quantitative estimate of drug-likeness (QED) is 0.889. The fourth-order valence-corrected chi connectivity index (χ4v) is 3.34. The van der Waals surface area contributed by atoms with Gasteiger partial charge in [0.05, 0.1) is 12.5 Å². The number of nitrogens with zero attached hydrogens (tertiary/aromatic N) is 1. The fourth-order valence-electron chi connectivity index (χ4n) is 3.34. The zero-order valence-electron chi connectivity index (χ0n) is 11.9. The SMILES string of the molecule is O=C(O)CC1CN(C(=O)C2CCCCN2)c2ccccc21. The lowest BCUT2D eigenvalue weighted by Crippen LogP contribution is -2.48. The van der Waals surface area contributed by atoms with E-state index in [0.717, 1.165) is 37.1 Å². The second-order valence-electron chi connectivity index (χ2n) is 5.80. The summed E-state index contributed by atoms with van der Waals surface area (Å²) >= 11 is 0. The van der Waals surface area contributed by atoms with Crippen molar-refractivity contribution in [2.24, 2.45) is 0 Å². The Balaban J connectivity index is 1.83. The summed E-state index contributed by atoms with van der Waals surface area (Å²) in [6, 6.07) is 7.52. The largest absolute Gasteiger partial charge is 0.481 e. The average molecular weight is 288 g/mol. The number of hydrogen-bond donors (Lipinski definition) is 2. The Kier molecular flexibility index (Phi) is 3.92. The zero-order valence-corrected chi connectivity index (χ0v) is 11.9. The van der Waals surface area contributed by atoms with Crippen molar-refractivity contribution in [2.75, 3.05) is 18.0 Å². The molecule has 1 fully saturated rings. The Morgan fingerprint density at radius 2 is 2.10 bits per heavy atom. The molecule has 0 spiro atoms. The van der Waals surface area contributed by atoms with Crippen LogP contribution in [0, 0.1) is 0 Å². The number of hydrogen-bond acceptors (Lipinski definition) is 3. The van der Waals surface area contributed by atoms with Crippen molar-refractivity contribution in [1.82, 2.24) is 5.32 Å². The highest BCUT2D eigenvalue weighted by Crippen LogP contribution is 2.38. The zero-order chi connectivity index (χ0) is 14.8. The molecular formula is C16H20N2O3. The van der Waals surface area contributed by atoms with Gasteiger partial charge in [0.1, 0.15) is 0 Å². The fraction of sp³-hybridized carbons (Fsp3) is 0.500. The summed E-state index contributed by atoms with van der Waals surface area (Å²) in [6.07, 6.45) is 3.11. The summed E-state index contributed by atoms with van der Waals surface area (Å²) in [5.41, 5.74) is 1.85. The van der Waals surface area contributed by atoms with E-state index in [4.69, 9.17) is 5.11 Å². The highest BCUT2D eigenvalue weighted by Gasteiger charge is 2.36. The molecule has 21 heavy (non-hydrogen) atoms. The van der Waals surface area contributed by atoms with Crippen LogP contribution in [0.5, 0.6) is 0 Å². The number of amides is 1. The van der Waals surface area contributed by atoms with Gasteiger partial charge in [-0.1, -0.05) is 24.6 Å². The number of nitrogens with one attached hydrogen (secondary N) is 1. The number of carbonyl (C=O) groups excluding carboxylic acids is 1. The minimum absolute atomic E-state index is 0.0683. The molecule has 1 aromatic rings. The number of fused-ring (bicyclic) bond motifs is 1. The van der Waals surface area contributed by atoms with Crippen molar-refractivity contribution in [2.45, 2.75) is 37.6 Å². The smallest absolute Gasteiger partial charge is 0.304 e. The Bertz CT molecular complexity index is 552. The molecule has 2 unspecified atom stereocenters. The van der Waals surface area contributed by atoms with Crippen LogP contribution in [-0.2, 0) is 9.59 Å². The van der Waals surface area contributed by atoms with Crippen LogP contribution in [0.15, 0.2) is 24.3 Å². The maximum atomic E-state index is 12.7. The van der Waals surface area contributed by atoms with Crippen LogP contribution in [0.2, 0.25) is 0 Å². The van der Waals surface area contributed by atoms with E-state index in [-0.39, 0.29) is 24.3 Å². The Hall–Kier alpha value is -1.88. The molecule has 2 aliphatic rings. The third-order valence-electron chi connectivity index (χ3n) is 4.37. The topological polar surface area (TPSA) is 69.6 Å². The van der Waals surface area contributed by atoms with Gasteiger partial charge >= 0.3 is 5.97 Å². The summed E-state index contributed by atoms with van der Waals surface area (Å²) in [5, 5.41) is 12.3. The van der Waals surface area contributed by atoms with Crippen LogP contribution in [-0.4, -0.2) is 36.1 Å². The van der Waals surface area contributed by atoms with Crippen molar-refractivity contribution in [3.05, 3.63) is 29.8 Å². The summed E-state index contributed by atoms with van der Waals surface area (Å²) in [4.78, 5) is 25.5. The number of anilines is 1. The van der Waals surface area contributed by atoms with Gasteiger partial charge in [-0.2, -0.15) is 0 Å². The van der Waals surface area contributed by atoms with Gasteiger partial charge < -0.3 is 15.3 Å². The molecule has 0 bridgehead atoms. The van der Waals surface area contributed by atoms with E-state index in [1.165, 1.54) is 0 Å². The van der Waals surface area contributed by atoms with Gasteiger partial charge in [0.2, 0.25) is 5.91 Å². The van der Waals surface area contributed by atoms with Crippen LogP contribution >= 0.6 is 0 Å². The monoisotopic (exact) mass is 288 g/mol. The van der Waals surface area contributed by atoms with Gasteiger partial charge in [-0.3, -0.25) is 9.59 Å². The van der Waals surface area contributed by atoms with Crippen LogP contribution < -0.4 is 10.2 Å². The lowest BCUT2D eigenvalue weighted by atomic mass is 9.98. The first-order valence-electron chi connectivity index (χ1n) is 7.52. The molecule has 2 N–H and O–H groups in total. The molecule has 3 rings (SSSR count). The minimum atomic E-state index is -0.820. The normalized spacial score (nSPS) is 24.7. The van der Waals surface area contributed by atoms with Crippen molar-refractivity contribution in [1.29, 1.82) is 0 Å². The van der Waals surface area contributed by atoms with Gasteiger partial charge in [0.15, 0.2) is 0 Å². The summed E-state index contributed by atoms with van der Waals surface area (Å²) in [5.74, 6) is -0.846. The maximum Gasteiger partial charge on any atom is 0.304 e. The highest BCUT2D eigenvalue weighted by molar-refractivity contribution is 5.99. The second-order valence-corrected chi connectivity index (χ2v) is 5.80. The number of rotatable bonds is 3. The van der Waals surface area contributed by atoms with Gasteiger partial charge in [0, 0.05) is 18.2 Å². The molecule has 5 heteroatoms. The number of piperidine rings is 1.